The van der Waals surface area contributed by atoms with Crippen molar-refractivity contribution in [3.8, 4) is 0 Å². The van der Waals surface area contributed by atoms with Crippen molar-refractivity contribution >= 4 is 10.0 Å². The van der Waals surface area contributed by atoms with Crippen molar-refractivity contribution in [2.24, 2.45) is 0 Å². The minimum atomic E-state index is -3.20. The Labute approximate surface area is 126 Å². The van der Waals surface area contributed by atoms with Crippen molar-refractivity contribution in [1.29, 1.82) is 0 Å². The van der Waals surface area contributed by atoms with Crippen LogP contribution < -0.4 is 5.32 Å². The molecule has 5 heteroatoms. The van der Waals surface area contributed by atoms with Crippen LogP contribution in [0.1, 0.15) is 30.4 Å². The predicted octanol–water partition coefficient (Wildman–Crippen LogP) is 2.03. The summed E-state index contributed by atoms with van der Waals surface area (Å²) in [6, 6.07) is 8.60. The third kappa shape index (κ3) is 4.15. The lowest BCUT2D eigenvalue weighted by atomic mass is 10.1. The molecule has 1 heterocycles. The summed E-state index contributed by atoms with van der Waals surface area (Å²) >= 11 is 0. The minimum Gasteiger partial charge on any atom is -0.310 e. The van der Waals surface area contributed by atoms with Crippen LogP contribution in [0, 0.1) is 0 Å². The van der Waals surface area contributed by atoms with Crippen molar-refractivity contribution in [3.05, 3.63) is 47.5 Å². The molecular weight excluding hydrogens is 284 g/mol. The van der Waals surface area contributed by atoms with Gasteiger partial charge in [0.2, 0.25) is 10.0 Å². The zero-order valence-electron chi connectivity index (χ0n) is 12.2. The summed E-state index contributed by atoms with van der Waals surface area (Å²) < 4.78 is 26.3. The number of nitrogens with one attached hydrogen (secondary N) is 1. The average molecular weight is 306 g/mol. The van der Waals surface area contributed by atoms with Crippen molar-refractivity contribution in [3.63, 3.8) is 0 Å². The van der Waals surface area contributed by atoms with Gasteiger partial charge in [0.1, 0.15) is 0 Å². The number of nitrogens with zero attached hydrogens (tertiary/aromatic N) is 1. The first-order chi connectivity index (χ1) is 10.1. The molecule has 114 valence electrons. The first kappa shape index (κ1) is 14.8. The van der Waals surface area contributed by atoms with E-state index < -0.39 is 10.0 Å². The van der Waals surface area contributed by atoms with Gasteiger partial charge in [0.25, 0.3) is 0 Å². The lowest BCUT2D eigenvalue weighted by molar-refractivity contribution is 0.437. The van der Waals surface area contributed by atoms with Crippen LogP contribution in [0.4, 0.5) is 0 Å². The normalized spacial score (nSPS) is 19.8. The quantitative estimate of drug-likeness (QED) is 0.818. The topological polar surface area (TPSA) is 49.4 Å². The molecule has 2 aliphatic rings. The zero-order valence-corrected chi connectivity index (χ0v) is 13.0. The van der Waals surface area contributed by atoms with Gasteiger partial charge in [-0.1, -0.05) is 36.4 Å². The van der Waals surface area contributed by atoms with Gasteiger partial charge in [-0.3, -0.25) is 0 Å². The number of hydrogen-bond acceptors (Lipinski definition) is 3. The standard InChI is InChI=1S/C16H22N2O2S/c19-21(20,18-10-2-1-3-11-18)13-15-6-4-14(5-7-15)12-17-16-8-9-16/h1-2,4-7,16-17H,3,8-13H2. The van der Waals surface area contributed by atoms with E-state index in [4.69, 9.17) is 0 Å². The van der Waals surface area contributed by atoms with Gasteiger partial charge in [-0.2, -0.15) is 4.31 Å². The third-order valence-corrected chi connectivity index (χ3v) is 5.78. The fourth-order valence-electron chi connectivity index (χ4n) is 2.48. The highest BCUT2D eigenvalue weighted by Gasteiger charge is 2.22. The third-order valence-electron chi connectivity index (χ3n) is 3.96. The highest BCUT2D eigenvalue weighted by atomic mass is 32.2. The summed E-state index contributed by atoms with van der Waals surface area (Å²) in [4.78, 5) is 0. The molecule has 1 aliphatic heterocycles. The molecular formula is C16H22N2O2S. The summed E-state index contributed by atoms with van der Waals surface area (Å²) in [5.41, 5.74) is 2.07. The second-order valence-corrected chi connectivity index (χ2v) is 7.81. The van der Waals surface area contributed by atoms with E-state index in [1.54, 1.807) is 4.31 Å². The van der Waals surface area contributed by atoms with Crippen molar-refractivity contribution in [2.75, 3.05) is 13.1 Å². The van der Waals surface area contributed by atoms with E-state index in [9.17, 15) is 8.42 Å². The molecule has 3 rings (SSSR count). The van der Waals surface area contributed by atoms with E-state index >= 15 is 0 Å². The lowest BCUT2D eigenvalue weighted by Crippen LogP contribution is -2.34. The molecule has 0 spiro atoms. The second-order valence-electron chi connectivity index (χ2n) is 5.85. The molecule has 1 aliphatic carbocycles. The maximum Gasteiger partial charge on any atom is 0.218 e. The van der Waals surface area contributed by atoms with Gasteiger partial charge in [0.05, 0.1) is 5.75 Å². The van der Waals surface area contributed by atoms with E-state index in [0.29, 0.717) is 19.1 Å². The zero-order chi connectivity index (χ0) is 14.7. The fraction of sp³-hybridized carbons (Fsp3) is 0.500. The monoisotopic (exact) mass is 306 g/mol. The summed E-state index contributed by atoms with van der Waals surface area (Å²) in [7, 11) is -3.20. The Balaban J connectivity index is 1.59. The number of hydrogen-bond donors (Lipinski definition) is 1. The van der Waals surface area contributed by atoms with Crippen LogP contribution in [-0.4, -0.2) is 31.9 Å². The SMILES string of the molecule is O=S(=O)(Cc1ccc(CNC2CC2)cc1)N1CC=CCC1. The molecule has 0 aromatic heterocycles. The summed E-state index contributed by atoms with van der Waals surface area (Å²) in [5, 5.41) is 3.46. The Morgan fingerprint density at radius 2 is 1.81 bits per heavy atom. The molecule has 1 aromatic rings. The van der Waals surface area contributed by atoms with Crippen molar-refractivity contribution in [1.82, 2.24) is 9.62 Å². The van der Waals surface area contributed by atoms with Crippen LogP contribution in [-0.2, 0) is 22.3 Å². The van der Waals surface area contributed by atoms with Gasteiger partial charge >= 0.3 is 0 Å². The Kier molecular flexibility index (Phi) is 4.42. The van der Waals surface area contributed by atoms with Gasteiger partial charge in [0.15, 0.2) is 0 Å². The molecule has 0 saturated heterocycles. The van der Waals surface area contributed by atoms with Crippen molar-refractivity contribution < 1.29 is 8.42 Å². The van der Waals surface area contributed by atoms with Crippen molar-refractivity contribution in [2.45, 2.75) is 37.6 Å². The largest absolute Gasteiger partial charge is 0.310 e. The van der Waals surface area contributed by atoms with E-state index in [2.05, 4.69) is 5.32 Å². The Bertz CT molecular complexity index is 604. The summed E-state index contributed by atoms with van der Waals surface area (Å²) in [5.74, 6) is 0.0944. The van der Waals surface area contributed by atoms with E-state index in [0.717, 1.165) is 18.5 Å². The molecule has 1 N–H and O–H groups in total. The molecule has 0 radical (unpaired) electrons. The summed E-state index contributed by atoms with van der Waals surface area (Å²) in [6.07, 6.45) is 7.33. The molecule has 4 nitrogen and oxygen atoms in total. The van der Waals surface area contributed by atoms with Crippen LogP contribution in [0.25, 0.3) is 0 Å². The Hall–Kier alpha value is -1.17. The van der Waals surface area contributed by atoms with Crippen LogP contribution in [0.15, 0.2) is 36.4 Å². The Morgan fingerprint density at radius 1 is 1.10 bits per heavy atom. The van der Waals surface area contributed by atoms with Crippen LogP contribution in [0.3, 0.4) is 0 Å². The number of sulfonamides is 1. The van der Waals surface area contributed by atoms with Gasteiger partial charge < -0.3 is 5.32 Å². The van der Waals surface area contributed by atoms with Gasteiger partial charge in [-0.15, -0.1) is 0 Å². The highest BCUT2D eigenvalue weighted by molar-refractivity contribution is 7.88. The maximum atomic E-state index is 12.3. The molecule has 1 fully saturated rings. The average Bonchev–Trinajstić information content (AvgIpc) is 3.31. The number of rotatable bonds is 6. The minimum absolute atomic E-state index is 0.0944. The summed E-state index contributed by atoms with van der Waals surface area (Å²) in [6.45, 7) is 1.97. The molecule has 0 bridgehead atoms. The van der Waals surface area contributed by atoms with Crippen LogP contribution >= 0.6 is 0 Å². The van der Waals surface area contributed by atoms with Gasteiger partial charge in [-0.25, -0.2) is 8.42 Å². The predicted molar refractivity (Wildman–Crippen MR) is 84.3 cm³/mol. The van der Waals surface area contributed by atoms with E-state index in [-0.39, 0.29) is 5.75 Å². The maximum absolute atomic E-state index is 12.3. The first-order valence-electron chi connectivity index (χ1n) is 7.57. The van der Waals surface area contributed by atoms with Gasteiger partial charge in [-0.05, 0) is 30.4 Å². The highest BCUT2D eigenvalue weighted by Crippen LogP contribution is 2.19. The van der Waals surface area contributed by atoms with Crippen LogP contribution in [0.5, 0.6) is 0 Å². The Morgan fingerprint density at radius 3 is 2.43 bits per heavy atom. The molecule has 1 aromatic carbocycles. The fourth-order valence-corrected chi connectivity index (χ4v) is 3.97. The molecule has 0 unspecified atom stereocenters. The number of benzene rings is 1. The molecule has 0 atom stereocenters. The molecule has 0 amide bonds. The van der Waals surface area contributed by atoms with E-state index in [1.165, 1.54) is 18.4 Å². The smallest absolute Gasteiger partial charge is 0.218 e. The molecule has 1 saturated carbocycles. The van der Waals surface area contributed by atoms with Gasteiger partial charge in [0, 0.05) is 25.7 Å². The first-order valence-corrected chi connectivity index (χ1v) is 9.18. The second kappa shape index (κ2) is 6.30. The van der Waals surface area contributed by atoms with Crippen LogP contribution in [0.2, 0.25) is 0 Å². The lowest BCUT2D eigenvalue weighted by Gasteiger charge is -2.22. The molecule has 21 heavy (non-hydrogen) atoms. The van der Waals surface area contributed by atoms with E-state index in [1.807, 2.05) is 36.4 Å².